The highest BCUT2D eigenvalue weighted by Crippen LogP contribution is 2.19. The molecule has 0 fully saturated rings. The molecule has 0 saturated carbocycles. The Morgan fingerprint density at radius 2 is 1.89 bits per heavy atom. The average molecular weight is 411 g/mol. The van der Waals surface area contributed by atoms with E-state index in [2.05, 4.69) is 25.6 Å². The number of aromatic nitrogens is 5. The monoisotopic (exact) mass is 410 g/mol. The molecule has 7 nitrogen and oxygen atoms in total. The minimum absolute atomic E-state index is 0.123. The second kappa shape index (κ2) is 8.37. The van der Waals surface area contributed by atoms with E-state index in [0.29, 0.717) is 28.1 Å². The fraction of sp³-hybridized carbons (Fsp3) is 0.105. The Bertz CT molecular complexity index is 1120. The first-order valence-electron chi connectivity index (χ1n) is 8.47. The summed E-state index contributed by atoms with van der Waals surface area (Å²) in [6, 6.07) is 16.7. The molecule has 1 aromatic carbocycles. The van der Waals surface area contributed by atoms with E-state index >= 15 is 0 Å². The molecule has 0 spiro atoms. The summed E-state index contributed by atoms with van der Waals surface area (Å²) in [5.74, 6) is 0.0725. The van der Waals surface area contributed by atoms with E-state index in [1.165, 1.54) is 11.8 Å². The largest absolute Gasteiger partial charge is 0.351 e. The summed E-state index contributed by atoms with van der Waals surface area (Å²) < 4.78 is 1.62. The lowest BCUT2D eigenvalue weighted by Gasteiger charge is -2.06. The van der Waals surface area contributed by atoms with Crippen LogP contribution in [0.2, 0.25) is 5.02 Å². The average Bonchev–Trinajstić information content (AvgIpc) is 3.14. The number of nitrogens with zero attached hydrogens (tertiary/aromatic N) is 5. The third-order valence-electron chi connectivity index (χ3n) is 3.93. The standard InChI is InChI=1S/C19H15ClN6OS/c20-14-6-2-1-5-13(14)11-22-18(27)12-28-19-24-23-17-9-8-16(25-26(17)19)15-7-3-4-10-21-15/h1-10H,11-12H2,(H,22,27). The molecule has 3 aromatic heterocycles. The van der Waals surface area contributed by atoms with E-state index in [4.69, 9.17) is 11.6 Å². The molecule has 0 aliphatic rings. The van der Waals surface area contributed by atoms with E-state index in [1.807, 2.05) is 48.5 Å². The fourth-order valence-electron chi connectivity index (χ4n) is 2.53. The van der Waals surface area contributed by atoms with Crippen LogP contribution < -0.4 is 5.32 Å². The Labute approximate surface area is 170 Å². The Hall–Kier alpha value is -2.97. The Balaban J connectivity index is 1.43. The van der Waals surface area contributed by atoms with Crippen LogP contribution in [0.5, 0.6) is 0 Å². The highest BCUT2D eigenvalue weighted by atomic mass is 35.5. The van der Waals surface area contributed by atoms with Gasteiger partial charge in [0.2, 0.25) is 11.1 Å². The number of halogens is 1. The second-order valence-corrected chi connectivity index (χ2v) is 7.19. The van der Waals surface area contributed by atoms with Crippen molar-refractivity contribution in [2.45, 2.75) is 11.7 Å². The van der Waals surface area contributed by atoms with Crippen LogP contribution in [-0.2, 0) is 11.3 Å². The van der Waals surface area contributed by atoms with Crippen LogP contribution in [0, 0.1) is 0 Å². The van der Waals surface area contributed by atoms with Gasteiger partial charge < -0.3 is 5.32 Å². The van der Waals surface area contributed by atoms with Crippen molar-refractivity contribution in [2.75, 3.05) is 5.75 Å². The molecule has 0 atom stereocenters. The maximum absolute atomic E-state index is 12.2. The minimum Gasteiger partial charge on any atom is -0.351 e. The zero-order valence-corrected chi connectivity index (χ0v) is 16.2. The summed E-state index contributed by atoms with van der Waals surface area (Å²) in [6.07, 6.45) is 1.71. The van der Waals surface area contributed by atoms with Crippen LogP contribution in [-0.4, -0.2) is 36.5 Å². The zero-order chi connectivity index (χ0) is 19.3. The van der Waals surface area contributed by atoms with Gasteiger partial charge in [-0.3, -0.25) is 9.78 Å². The predicted octanol–water partition coefficient (Wildman–Crippen LogP) is 3.25. The molecule has 0 aliphatic carbocycles. The van der Waals surface area contributed by atoms with Gasteiger partial charge in [-0.15, -0.1) is 10.2 Å². The van der Waals surface area contributed by atoms with Crippen molar-refractivity contribution in [1.29, 1.82) is 0 Å². The van der Waals surface area contributed by atoms with Crippen LogP contribution in [0.1, 0.15) is 5.56 Å². The smallest absolute Gasteiger partial charge is 0.230 e. The van der Waals surface area contributed by atoms with Crippen molar-refractivity contribution in [3.8, 4) is 11.4 Å². The summed E-state index contributed by atoms with van der Waals surface area (Å²) in [7, 11) is 0. The summed E-state index contributed by atoms with van der Waals surface area (Å²) in [6.45, 7) is 0.377. The first-order chi connectivity index (χ1) is 13.7. The molecule has 9 heteroatoms. The van der Waals surface area contributed by atoms with E-state index < -0.39 is 0 Å². The van der Waals surface area contributed by atoms with E-state index in [-0.39, 0.29) is 11.7 Å². The number of carbonyl (C=O) groups is 1. The maximum atomic E-state index is 12.2. The third kappa shape index (κ3) is 4.13. The second-order valence-electron chi connectivity index (χ2n) is 5.84. The molecule has 0 aliphatic heterocycles. The molecule has 140 valence electrons. The van der Waals surface area contributed by atoms with Gasteiger partial charge in [0.15, 0.2) is 5.65 Å². The van der Waals surface area contributed by atoms with Crippen LogP contribution in [0.3, 0.4) is 0 Å². The van der Waals surface area contributed by atoms with Gasteiger partial charge in [0.25, 0.3) is 0 Å². The van der Waals surface area contributed by atoms with Gasteiger partial charge in [-0.1, -0.05) is 47.6 Å². The number of fused-ring (bicyclic) bond motifs is 1. The van der Waals surface area contributed by atoms with Gasteiger partial charge in [-0.2, -0.15) is 9.61 Å². The highest BCUT2D eigenvalue weighted by molar-refractivity contribution is 7.99. The summed E-state index contributed by atoms with van der Waals surface area (Å²) in [4.78, 5) is 16.5. The van der Waals surface area contributed by atoms with Crippen LogP contribution in [0.4, 0.5) is 0 Å². The molecule has 0 radical (unpaired) electrons. The fourth-order valence-corrected chi connectivity index (χ4v) is 3.45. The molecule has 3 heterocycles. The molecule has 4 aromatic rings. The van der Waals surface area contributed by atoms with E-state index in [9.17, 15) is 4.79 Å². The van der Waals surface area contributed by atoms with Gasteiger partial charge in [0.05, 0.1) is 11.4 Å². The lowest BCUT2D eigenvalue weighted by atomic mass is 10.2. The topological polar surface area (TPSA) is 85.1 Å². The zero-order valence-electron chi connectivity index (χ0n) is 14.6. The SMILES string of the molecule is O=C(CSc1nnc2ccc(-c3ccccn3)nn12)NCc1ccccc1Cl. The van der Waals surface area contributed by atoms with Crippen molar-refractivity contribution in [3.05, 3.63) is 71.4 Å². The van der Waals surface area contributed by atoms with Crippen molar-refractivity contribution in [1.82, 2.24) is 30.1 Å². The number of amides is 1. The minimum atomic E-state index is -0.123. The highest BCUT2D eigenvalue weighted by Gasteiger charge is 2.12. The lowest BCUT2D eigenvalue weighted by Crippen LogP contribution is -2.24. The van der Waals surface area contributed by atoms with E-state index in [1.54, 1.807) is 16.8 Å². The van der Waals surface area contributed by atoms with Gasteiger partial charge in [-0.05, 0) is 35.9 Å². The number of hydrogen-bond acceptors (Lipinski definition) is 6. The number of rotatable bonds is 6. The van der Waals surface area contributed by atoms with Gasteiger partial charge >= 0.3 is 0 Å². The van der Waals surface area contributed by atoms with Gasteiger partial charge in [-0.25, -0.2) is 0 Å². The Morgan fingerprint density at radius 3 is 2.71 bits per heavy atom. The van der Waals surface area contributed by atoms with Gasteiger partial charge in [0.1, 0.15) is 5.69 Å². The molecule has 0 bridgehead atoms. The molecular formula is C19H15ClN6OS. The van der Waals surface area contributed by atoms with Crippen molar-refractivity contribution in [3.63, 3.8) is 0 Å². The molecule has 0 unspecified atom stereocenters. The quantitative estimate of drug-likeness (QED) is 0.491. The van der Waals surface area contributed by atoms with E-state index in [0.717, 1.165) is 11.3 Å². The molecule has 1 amide bonds. The predicted molar refractivity (Wildman–Crippen MR) is 108 cm³/mol. The van der Waals surface area contributed by atoms with Crippen LogP contribution in [0.15, 0.2) is 66.0 Å². The van der Waals surface area contributed by atoms with Gasteiger partial charge in [0, 0.05) is 17.8 Å². The summed E-state index contributed by atoms with van der Waals surface area (Å²) in [5.41, 5.74) is 2.94. The number of thioether (sulfide) groups is 1. The molecule has 0 saturated heterocycles. The lowest BCUT2D eigenvalue weighted by molar-refractivity contribution is -0.118. The number of nitrogens with one attached hydrogen (secondary N) is 1. The first kappa shape index (κ1) is 18.4. The number of carbonyl (C=O) groups excluding carboxylic acids is 1. The van der Waals surface area contributed by atoms with Crippen molar-refractivity contribution < 1.29 is 4.79 Å². The molecule has 28 heavy (non-hydrogen) atoms. The normalized spacial score (nSPS) is 10.9. The Morgan fingerprint density at radius 1 is 1.04 bits per heavy atom. The number of pyridine rings is 1. The maximum Gasteiger partial charge on any atom is 0.230 e. The first-order valence-corrected chi connectivity index (χ1v) is 9.84. The Kier molecular flexibility index (Phi) is 5.50. The van der Waals surface area contributed by atoms with Crippen molar-refractivity contribution in [2.24, 2.45) is 0 Å². The molecular weight excluding hydrogens is 396 g/mol. The molecule has 4 rings (SSSR count). The number of benzene rings is 1. The third-order valence-corrected chi connectivity index (χ3v) is 5.22. The molecule has 1 N–H and O–H groups in total. The van der Waals surface area contributed by atoms with Crippen LogP contribution >= 0.6 is 23.4 Å². The van der Waals surface area contributed by atoms with Crippen molar-refractivity contribution >= 4 is 34.9 Å². The van der Waals surface area contributed by atoms with Crippen LogP contribution in [0.25, 0.3) is 17.0 Å². The summed E-state index contributed by atoms with van der Waals surface area (Å²) >= 11 is 7.37. The summed E-state index contributed by atoms with van der Waals surface area (Å²) in [5, 5.41) is 16.8. The number of hydrogen-bond donors (Lipinski definition) is 1.